The number of alkyl halides is 3. The lowest BCUT2D eigenvalue weighted by Gasteiger charge is -2.11. The third-order valence-corrected chi connectivity index (χ3v) is 5.43. The van der Waals surface area contributed by atoms with Crippen molar-refractivity contribution in [1.82, 2.24) is 4.98 Å². The molecule has 3 N–H and O–H groups in total. The number of carboxylic acid groups (broad SMARTS) is 1. The summed E-state index contributed by atoms with van der Waals surface area (Å²) in [6.07, 6.45) is -1.83. The minimum atomic E-state index is -5.08. The number of ether oxygens (including phenoxy) is 1. The second-order valence-corrected chi connectivity index (χ2v) is 8.08. The molecule has 3 aromatic rings. The number of nitrogens with zero attached hydrogens (tertiary/aromatic N) is 1. The van der Waals surface area contributed by atoms with E-state index in [1.165, 1.54) is 25.3 Å². The zero-order chi connectivity index (χ0) is 25.5. The number of aliphatic carboxylic acids is 1. The zero-order valence-corrected chi connectivity index (χ0v) is 18.1. The molecule has 0 saturated carbocycles. The van der Waals surface area contributed by atoms with Crippen molar-refractivity contribution in [2.24, 2.45) is 0 Å². The first-order valence-corrected chi connectivity index (χ1v) is 10.6. The van der Waals surface area contributed by atoms with E-state index in [2.05, 4.69) is 14.4 Å². The van der Waals surface area contributed by atoms with Gasteiger partial charge in [0.25, 0.3) is 10.0 Å². The third kappa shape index (κ3) is 6.93. The van der Waals surface area contributed by atoms with E-state index in [-0.39, 0.29) is 21.9 Å². The number of carbonyl (C=O) groups excluding carboxylic acids is 1. The van der Waals surface area contributed by atoms with Gasteiger partial charge in [-0.15, -0.1) is 0 Å². The first-order chi connectivity index (χ1) is 15.8. The van der Waals surface area contributed by atoms with E-state index in [4.69, 9.17) is 9.90 Å². The standard InChI is InChI=1S/C19H16N2O5S.C2HF3O2/c1-26-19(23)17-6-5-15(12-18(17)22)21-27(24,25)16-4-2-3-14(11-16)13-7-9-20-10-8-13;3-2(4,5)1(6)7/h2-12,21-22H,1H3;(H,6,7). The molecule has 0 amide bonds. The number of benzene rings is 2. The van der Waals surface area contributed by atoms with Gasteiger partial charge in [0, 0.05) is 18.5 Å². The number of anilines is 1. The van der Waals surface area contributed by atoms with Crippen molar-refractivity contribution in [2.75, 3.05) is 11.8 Å². The number of phenols is 1. The summed E-state index contributed by atoms with van der Waals surface area (Å²) in [6.45, 7) is 0. The van der Waals surface area contributed by atoms with Crippen LogP contribution >= 0.6 is 0 Å². The topological polar surface area (TPSA) is 143 Å². The number of phenolic OH excluding ortho intramolecular Hbond substituents is 1. The van der Waals surface area contributed by atoms with Gasteiger partial charge in [-0.1, -0.05) is 12.1 Å². The lowest BCUT2D eigenvalue weighted by atomic mass is 10.1. The van der Waals surface area contributed by atoms with E-state index in [0.717, 1.165) is 17.2 Å². The van der Waals surface area contributed by atoms with Crippen LogP contribution in [0.2, 0.25) is 0 Å². The van der Waals surface area contributed by atoms with Crippen LogP contribution in [0.3, 0.4) is 0 Å². The number of carboxylic acids is 1. The Bertz CT molecular complexity index is 1280. The molecule has 34 heavy (non-hydrogen) atoms. The molecular formula is C21H17F3N2O7S. The maximum atomic E-state index is 12.7. The van der Waals surface area contributed by atoms with Crippen LogP contribution in [0.1, 0.15) is 10.4 Å². The molecule has 0 aliphatic rings. The summed E-state index contributed by atoms with van der Waals surface area (Å²) in [5.41, 5.74) is 1.63. The molecule has 0 spiro atoms. The Kier molecular flexibility index (Phi) is 8.19. The van der Waals surface area contributed by atoms with Gasteiger partial charge in [-0.25, -0.2) is 18.0 Å². The van der Waals surface area contributed by atoms with Crippen molar-refractivity contribution < 1.29 is 46.1 Å². The molecule has 1 aromatic heterocycles. The molecule has 0 radical (unpaired) electrons. The highest BCUT2D eigenvalue weighted by molar-refractivity contribution is 7.92. The lowest BCUT2D eigenvalue weighted by Crippen LogP contribution is -2.21. The van der Waals surface area contributed by atoms with E-state index < -0.39 is 28.1 Å². The molecule has 0 aliphatic carbocycles. The summed E-state index contributed by atoms with van der Waals surface area (Å²) in [5.74, 6) is -3.85. The molecule has 180 valence electrons. The minimum absolute atomic E-state index is 0.0554. The molecule has 0 unspecified atom stereocenters. The van der Waals surface area contributed by atoms with E-state index in [0.29, 0.717) is 0 Å². The van der Waals surface area contributed by atoms with Crippen LogP contribution in [-0.4, -0.2) is 48.8 Å². The normalized spacial score (nSPS) is 11.1. The van der Waals surface area contributed by atoms with E-state index >= 15 is 0 Å². The Hall–Kier alpha value is -4.13. The van der Waals surface area contributed by atoms with Gasteiger partial charge in [0.05, 0.1) is 17.7 Å². The number of aromatic nitrogens is 1. The number of sulfonamides is 1. The highest BCUT2D eigenvalue weighted by atomic mass is 32.2. The molecule has 0 saturated heterocycles. The molecule has 3 rings (SSSR count). The second kappa shape index (κ2) is 10.7. The van der Waals surface area contributed by atoms with Gasteiger partial charge >= 0.3 is 18.1 Å². The Morgan fingerprint density at radius 3 is 2.15 bits per heavy atom. The van der Waals surface area contributed by atoms with Crippen LogP contribution in [0, 0.1) is 0 Å². The number of rotatable bonds is 5. The maximum Gasteiger partial charge on any atom is 0.490 e. The summed E-state index contributed by atoms with van der Waals surface area (Å²) >= 11 is 0. The number of aromatic hydroxyl groups is 1. The smallest absolute Gasteiger partial charge is 0.490 e. The number of halogens is 3. The second-order valence-electron chi connectivity index (χ2n) is 6.40. The summed E-state index contributed by atoms with van der Waals surface area (Å²) < 4.78 is 64.0. The SMILES string of the molecule is COC(=O)c1ccc(NS(=O)(=O)c2cccc(-c3ccncc3)c2)cc1O.O=C(O)C(F)(F)F. The van der Waals surface area contributed by atoms with Gasteiger partial charge in [-0.3, -0.25) is 9.71 Å². The van der Waals surface area contributed by atoms with Gasteiger partial charge in [0.15, 0.2) is 0 Å². The van der Waals surface area contributed by atoms with Crippen molar-refractivity contribution in [3.8, 4) is 16.9 Å². The monoisotopic (exact) mass is 498 g/mol. The number of esters is 1. The van der Waals surface area contributed by atoms with Gasteiger partial charge in [-0.2, -0.15) is 13.2 Å². The van der Waals surface area contributed by atoms with Gasteiger partial charge in [0.2, 0.25) is 0 Å². The number of pyridine rings is 1. The average Bonchev–Trinajstić information content (AvgIpc) is 2.79. The zero-order valence-electron chi connectivity index (χ0n) is 17.3. The van der Waals surface area contributed by atoms with Crippen LogP contribution in [0.5, 0.6) is 5.75 Å². The quantitative estimate of drug-likeness (QED) is 0.452. The lowest BCUT2D eigenvalue weighted by molar-refractivity contribution is -0.192. The predicted octanol–water partition coefficient (Wildman–Crippen LogP) is 3.67. The summed E-state index contributed by atoms with van der Waals surface area (Å²) in [7, 11) is -2.70. The largest absolute Gasteiger partial charge is 0.507 e. The Balaban J connectivity index is 0.000000509. The van der Waals surface area contributed by atoms with Crippen LogP contribution < -0.4 is 4.72 Å². The van der Waals surface area contributed by atoms with Crippen molar-refractivity contribution in [3.63, 3.8) is 0 Å². The van der Waals surface area contributed by atoms with Gasteiger partial charge in [-0.05, 0) is 47.5 Å². The number of hydrogen-bond acceptors (Lipinski definition) is 7. The number of carbonyl (C=O) groups is 2. The van der Waals surface area contributed by atoms with E-state index in [9.17, 15) is 31.5 Å². The molecule has 0 aliphatic heterocycles. The first kappa shape index (κ1) is 26.1. The molecule has 1 heterocycles. The van der Waals surface area contributed by atoms with Crippen LogP contribution in [0.15, 0.2) is 71.9 Å². The van der Waals surface area contributed by atoms with E-state index in [1.807, 2.05) is 0 Å². The summed E-state index contributed by atoms with van der Waals surface area (Å²) in [6, 6.07) is 13.8. The molecule has 0 bridgehead atoms. The third-order valence-electron chi connectivity index (χ3n) is 4.06. The summed E-state index contributed by atoms with van der Waals surface area (Å²) in [4.78, 5) is 24.4. The highest BCUT2D eigenvalue weighted by Gasteiger charge is 2.38. The Morgan fingerprint density at radius 1 is 1.00 bits per heavy atom. The van der Waals surface area contributed by atoms with Crippen molar-refractivity contribution >= 4 is 27.6 Å². The van der Waals surface area contributed by atoms with Gasteiger partial charge < -0.3 is 14.9 Å². The predicted molar refractivity (Wildman–Crippen MR) is 114 cm³/mol. The number of methoxy groups -OCH3 is 1. The Morgan fingerprint density at radius 2 is 1.62 bits per heavy atom. The molecule has 0 atom stereocenters. The fourth-order valence-electron chi connectivity index (χ4n) is 2.48. The fraction of sp³-hybridized carbons (Fsp3) is 0.0952. The Labute approximate surface area is 191 Å². The summed E-state index contributed by atoms with van der Waals surface area (Å²) in [5, 5.41) is 17.0. The average molecular weight is 498 g/mol. The molecule has 0 fully saturated rings. The van der Waals surface area contributed by atoms with E-state index in [1.54, 1.807) is 42.7 Å². The number of hydrogen-bond donors (Lipinski definition) is 3. The first-order valence-electron chi connectivity index (χ1n) is 9.10. The number of nitrogens with one attached hydrogen (secondary N) is 1. The van der Waals surface area contributed by atoms with Gasteiger partial charge in [0.1, 0.15) is 11.3 Å². The van der Waals surface area contributed by atoms with Crippen LogP contribution in [0.25, 0.3) is 11.1 Å². The van der Waals surface area contributed by atoms with Crippen molar-refractivity contribution in [3.05, 3.63) is 72.6 Å². The van der Waals surface area contributed by atoms with Crippen molar-refractivity contribution in [1.29, 1.82) is 0 Å². The fourth-order valence-corrected chi connectivity index (χ4v) is 3.57. The molecule has 2 aromatic carbocycles. The van der Waals surface area contributed by atoms with Crippen LogP contribution in [0.4, 0.5) is 18.9 Å². The molecule has 13 heteroatoms. The highest BCUT2D eigenvalue weighted by Crippen LogP contribution is 2.26. The van der Waals surface area contributed by atoms with Crippen LogP contribution in [-0.2, 0) is 19.6 Å². The minimum Gasteiger partial charge on any atom is -0.507 e. The maximum absolute atomic E-state index is 12.7. The van der Waals surface area contributed by atoms with Crippen molar-refractivity contribution in [2.45, 2.75) is 11.1 Å². The molecular weight excluding hydrogens is 481 g/mol. The molecule has 9 nitrogen and oxygen atoms in total.